The first-order valence-electron chi connectivity index (χ1n) is 10.1. The Hall–Kier alpha value is -2.05. The molecule has 1 N–H and O–H groups in total. The third kappa shape index (κ3) is 3.08. The summed E-state index contributed by atoms with van der Waals surface area (Å²) in [5.74, 6) is 2.24. The molecule has 0 aliphatic heterocycles. The van der Waals surface area contributed by atoms with Gasteiger partial charge < -0.3 is 5.32 Å². The van der Waals surface area contributed by atoms with E-state index in [0.717, 1.165) is 30.4 Å². The molecule has 2 heterocycles. The van der Waals surface area contributed by atoms with E-state index in [1.807, 2.05) is 0 Å². The summed E-state index contributed by atoms with van der Waals surface area (Å²) < 4.78 is 40.1. The monoisotopic (exact) mass is 391 g/mol. The number of nitrogens with zero attached hydrogens (tertiary/aromatic N) is 2. The Labute approximate surface area is 161 Å². The summed E-state index contributed by atoms with van der Waals surface area (Å²) in [5, 5.41) is 2.95. The van der Waals surface area contributed by atoms with Crippen LogP contribution in [-0.4, -0.2) is 21.8 Å². The lowest BCUT2D eigenvalue weighted by Crippen LogP contribution is -2.47. The van der Waals surface area contributed by atoms with Crippen molar-refractivity contribution in [1.29, 1.82) is 0 Å². The molecule has 4 saturated carbocycles. The fraction of sp³-hybridized carbons (Fsp3) is 0.619. The topological polar surface area (TPSA) is 46.4 Å². The van der Waals surface area contributed by atoms with Gasteiger partial charge in [0.15, 0.2) is 5.69 Å². The molecule has 0 radical (unpaired) electrons. The second kappa shape index (κ2) is 6.22. The van der Waals surface area contributed by atoms with E-state index >= 15 is 0 Å². The first-order valence-corrected chi connectivity index (χ1v) is 10.1. The van der Waals surface area contributed by atoms with Gasteiger partial charge in [-0.3, -0.25) is 9.20 Å². The van der Waals surface area contributed by atoms with Crippen LogP contribution in [0.4, 0.5) is 13.2 Å². The van der Waals surface area contributed by atoms with Crippen molar-refractivity contribution in [3.05, 3.63) is 35.8 Å². The highest BCUT2D eigenvalue weighted by Crippen LogP contribution is 2.61. The molecule has 4 aliphatic carbocycles. The van der Waals surface area contributed by atoms with E-state index in [1.165, 1.54) is 55.1 Å². The lowest BCUT2D eigenvalue weighted by molar-refractivity contribution is -0.140. The number of halogens is 3. The van der Waals surface area contributed by atoms with E-state index < -0.39 is 11.9 Å². The van der Waals surface area contributed by atoms with Crippen LogP contribution in [-0.2, 0) is 6.18 Å². The van der Waals surface area contributed by atoms with Crippen LogP contribution < -0.4 is 5.32 Å². The zero-order valence-corrected chi connectivity index (χ0v) is 15.6. The molecule has 1 amide bonds. The molecule has 2 aromatic heterocycles. The molecule has 4 fully saturated rings. The van der Waals surface area contributed by atoms with Crippen molar-refractivity contribution in [2.45, 2.75) is 51.1 Å². The molecule has 0 spiro atoms. The number of rotatable bonds is 4. The summed E-state index contributed by atoms with van der Waals surface area (Å²) in [6.07, 6.45) is 5.32. The third-order valence-corrected chi connectivity index (χ3v) is 7.12. The first kappa shape index (κ1) is 18.0. The van der Waals surface area contributed by atoms with E-state index in [2.05, 4.69) is 10.3 Å². The molecule has 4 bridgehead atoms. The zero-order chi connectivity index (χ0) is 19.5. The number of hydrogen-bond donors (Lipinski definition) is 1. The molecule has 150 valence electrons. The van der Waals surface area contributed by atoms with Crippen molar-refractivity contribution in [3.63, 3.8) is 0 Å². The highest BCUT2D eigenvalue weighted by Gasteiger charge is 2.50. The van der Waals surface area contributed by atoms with Gasteiger partial charge in [-0.15, -0.1) is 0 Å². The van der Waals surface area contributed by atoms with Crippen LogP contribution in [0.1, 0.15) is 61.1 Å². The fourth-order valence-electron chi connectivity index (χ4n) is 6.46. The van der Waals surface area contributed by atoms with Gasteiger partial charge in [0.05, 0.1) is 0 Å². The maximum absolute atomic E-state index is 12.9. The van der Waals surface area contributed by atoms with Crippen molar-refractivity contribution in [2.75, 3.05) is 6.54 Å². The van der Waals surface area contributed by atoms with Gasteiger partial charge in [0, 0.05) is 12.7 Å². The van der Waals surface area contributed by atoms with E-state index in [-0.39, 0.29) is 17.2 Å². The number of alkyl halides is 3. The van der Waals surface area contributed by atoms with Gasteiger partial charge in [0.1, 0.15) is 11.3 Å². The Balaban J connectivity index is 1.28. The third-order valence-electron chi connectivity index (χ3n) is 7.12. The summed E-state index contributed by atoms with van der Waals surface area (Å²) >= 11 is 0. The first-order chi connectivity index (χ1) is 13.3. The van der Waals surface area contributed by atoms with E-state index in [0.29, 0.717) is 12.0 Å². The number of carbonyl (C=O) groups excluding carboxylic acids is 1. The second-order valence-corrected chi connectivity index (χ2v) is 9.19. The smallest absolute Gasteiger partial charge is 0.351 e. The van der Waals surface area contributed by atoms with Gasteiger partial charge in [0.25, 0.3) is 5.91 Å². The number of nitrogens with one attached hydrogen (secondary N) is 1. The summed E-state index contributed by atoms with van der Waals surface area (Å²) in [6, 6.07) is 4.58. The van der Waals surface area contributed by atoms with Crippen molar-refractivity contribution < 1.29 is 18.0 Å². The van der Waals surface area contributed by atoms with E-state index in [9.17, 15) is 18.0 Å². The standard InChI is InChI=1S/C21H24F3N3O/c22-21(23,24)17-12-27-16(2-1-3-18(27)26-17)19(28)25-5-4-20-9-13-6-14(10-20)8-15(7-13)11-20/h1-3,12-15H,4-11H2,(H,25,28). The minimum absolute atomic E-state index is 0.126. The number of hydrogen-bond acceptors (Lipinski definition) is 2. The Kier molecular flexibility index (Phi) is 4.00. The van der Waals surface area contributed by atoms with Crippen LogP contribution in [0.25, 0.3) is 5.65 Å². The van der Waals surface area contributed by atoms with Crippen LogP contribution >= 0.6 is 0 Å². The average Bonchev–Trinajstić information content (AvgIpc) is 3.05. The predicted octanol–water partition coefficient (Wildman–Crippen LogP) is 4.69. The predicted molar refractivity (Wildman–Crippen MR) is 97.7 cm³/mol. The maximum Gasteiger partial charge on any atom is 0.434 e. The summed E-state index contributed by atoms with van der Waals surface area (Å²) in [7, 11) is 0. The molecule has 0 aromatic carbocycles. The number of fused-ring (bicyclic) bond motifs is 1. The number of carbonyl (C=O) groups is 1. The van der Waals surface area contributed by atoms with Crippen LogP contribution in [0.5, 0.6) is 0 Å². The zero-order valence-electron chi connectivity index (χ0n) is 15.6. The van der Waals surface area contributed by atoms with Crippen LogP contribution in [0.15, 0.2) is 24.4 Å². The van der Waals surface area contributed by atoms with Gasteiger partial charge in [-0.25, -0.2) is 4.98 Å². The molecule has 4 nitrogen and oxygen atoms in total. The SMILES string of the molecule is O=C(NCCC12CC3CC(CC(C3)C1)C2)c1cccc2nc(C(F)(F)F)cn12. The van der Waals surface area contributed by atoms with Crippen molar-refractivity contribution in [2.24, 2.45) is 23.2 Å². The molecule has 2 aromatic rings. The van der Waals surface area contributed by atoms with Gasteiger partial charge >= 0.3 is 6.18 Å². The van der Waals surface area contributed by atoms with Gasteiger partial charge in [0.2, 0.25) is 0 Å². The maximum atomic E-state index is 12.9. The molecule has 4 aliphatic rings. The Bertz CT molecular complexity index is 882. The summed E-state index contributed by atoms with van der Waals surface area (Å²) in [4.78, 5) is 16.3. The minimum Gasteiger partial charge on any atom is -0.351 e. The quantitative estimate of drug-likeness (QED) is 0.822. The van der Waals surface area contributed by atoms with Crippen LogP contribution in [0.3, 0.4) is 0 Å². The van der Waals surface area contributed by atoms with E-state index in [1.54, 1.807) is 6.07 Å². The van der Waals surface area contributed by atoms with Gasteiger partial charge in [-0.2, -0.15) is 13.2 Å². The molecule has 0 unspecified atom stereocenters. The number of amides is 1. The Morgan fingerprint density at radius 3 is 2.39 bits per heavy atom. The minimum atomic E-state index is -4.53. The average molecular weight is 391 g/mol. The normalized spacial score (nSPS) is 31.5. The Morgan fingerprint density at radius 2 is 1.79 bits per heavy atom. The summed E-state index contributed by atoms with van der Waals surface area (Å²) in [5.41, 5.74) is -0.305. The number of imidazole rings is 1. The van der Waals surface area contributed by atoms with Gasteiger partial charge in [-0.1, -0.05) is 6.07 Å². The molecule has 0 atom stereocenters. The molecular formula is C21H24F3N3O. The molecule has 6 rings (SSSR count). The number of pyridine rings is 1. The second-order valence-electron chi connectivity index (χ2n) is 9.19. The lowest BCUT2D eigenvalue weighted by Gasteiger charge is -2.57. The molecule has 7 heteroatoms. The molecule has 28 heavy (non-hydrogen) atoms. The molecule has 0 saturated heterocycles. The van der Waals surface area contributed by atoms with Crippen LogP contribution in [0, 0.1) is 23.2 Å². The van der Waals surface area contributed by atoms with Gasteiger partial charge in [-0.05, 0) is 80.2 Å². The highest BCUT2D eigenvalue weighted by molar-refractivity contribution is 5.93. The van der Waals surface area contributed by atoms with E-state index in [4.69, 9.17) is 0 Å². The van der Waals surface area contributed by atoms with Crippen LogP contribution in [0.2, 0.25) is 0 Å². The summed E-state index contributed by atoms with van der Waals surface area (Å²) in [6.45, 7) is 0.572. The van der Waals surface area contributed by atoms with Crippen molar-refractivity contribution in [3.8, 4) is 0 Å². The fourth-order valence-corrected chi connectivity index (χ4v) is 6.46. The lowest BCUT2D eigenvalue weighted by atomic mass is 9.49. The molecular weight excluding hydrogens is 367 g/mol. The van der Waals surface area contributed by atoms with Crippen molar-refractivity contribution in [1.82, 2.24) is 14.7 Å². The van der Waals surface area contributed by atoms with Crippen molar-refractivity contribution >= 4 is 11.6 Å². The largest absolute Gasteiger partial charge is 0.434 e. The Morgan fingerprint density at radius 1 is 1.14 bits per heavy atom. The highest BCUT2D eigenvalue weighted by atomic mass is 19.4. The number of aromatic nitrogens is 2.